The van der Waals surface area contributed by atoms with E-state index in [9.17, 15) is 14.7 Å². The zero-order valence-corrected chi connectivity index (χ0v) is 19.5. The van der Waals surface area contributed by atoms with Crippen molar-refractivity contribution in [3.05, 3.63) is 51.1 Å². The minimum atomic E-state index is -0.609. The molecule has 3 N–H and O–H groups in total. The summed E-state index contributed by atoms with van der Waals surface area (Å²) in [5.74, 6) is -0.517. The lowest BCUT2D eigenvalue weighted by atomic mass is 10.0. The van der Waals surface area contributed by atoms with E-state index in [4.69, 9.17) is 10.1 Å². The molecular formula is C24H25N5O4S. The lowest BCUT2D eigenvalue weighted by Crippen LogP contribution is -2.33. The molecule has 1 saturated heterocycles. The van der Waals surface area contributed by atoms with Gasteiger partial charge < -0.3 is 25.1 Å². The zero-order valence-electron chi connectivity index (χ0n) is 18.7. The summed E-state index contributed by atoms with van der Waals surface area (Å²) >= 11 is 1.28. The van der Waals surface area contributed by atoms with Gasteiger partial charge in [0.25, 0.3) is 11.5 Å². The molecule has 1 amide bonds. The Labute approximate surface area is 200 Å². The van der Waals surface area contributed by atoms with Gasteiger partial charge in [0.05, 0.1) is 11.6 Å². The van der Waals surface area contributed by atoms with Crippen molar-refractivity contribution in [2.45, 2.75) is 25.3 Å². The fourth-order valence-electron chi connectivity index (χ4n) is 4.12. The number of aromatic nitrogens is 1. The van der Waals surface area contributed by atoms with Crippen LogP contribution in [0.3, 0.4) is 0 Å². The van der Waals surface area contributed by atoms with Gasteiger partial charge in [-0.15, -0.1) is 11.3 Å². The van der Waals surface area contributed by atoms with Crippen LogP contribution in [0.25, 0.3) is 21.3 Å². The van der Waals surface area contributed by atoms with E-state index in [0.29, 0.717) is 28.4 Å². The molecule has 1 aliphatic heterocycles. The smallest absolute Gasteiger partial charge is 0.270 e. The van der Waals surface area contributed by atoms with E-state index in [1.807, 2.05) is 29.6 Å². The molecule has 4 rings (SSSR count). The van der Waals surface area contributed by atoms with Crippen LogP contribution in [-0.2, 0) is 9.63 Å². The van der Waals surface area contributed by atoms with Gasteiger partial charge in [0.15, 0.2) is 12.2 Å². The van der Waals surface area contributed by atoms with Crippen LogP contribution in [0, 0.1) is 11.3 Å². The Morgan fingerprint density at radius 3 is 2.94 bits per heavy atom. The van der Waals surface area contributed by atoms with Gasteiger partial charge in [-0.05, 0) is 44.0 Å². The lowest BCUT2D eigenvalue weighted by Gasteiger charge is -2.19. The molecule has 0 spiro atoms. The Morgan fingerprint density at radius 2 is 2.24 bits per heavy atom. The van der Waals surface area contributed by atoms with Crippen LogP contribution < -0.4 is 10.9 Å². The van der Waals surface area contributed by atoms with Crippen LogP contribution >= 0.6 is 11.3 Å². The predicted octanol–water partition coefficient (Wildman–Crippen LogP) is 2.78. The molecule has 0 radical (unpaired) electrons. The molecule has 1 aromatic carbocycles. The molecular weight excluding hydrogens is 454 g/mol. The summed E-state index contributed by atoms with van der Waals surface area (Å²) in [6.07, 6.45) is 4.83. The molecule has 0 saturated carbocycles. The maximum absolute atomic E-state index is 11.9. The van der Waals surface area contributed by atoms with Crippen molar-refractivity contribution in [3.63, 3.8) is 0 Å². The van der Waals surface area contributed by atoms with E-state index >= 15 is 0 Å². The number of carbonyl (C=O) groups excluding carboxylic acids is 1. The number of rotatable bonds is 8. The van der Waals surface area contributed by atoms with Gasteiger partial charge in [-0.1, -0.05) is 29.4 Å². The number of H-pyrrole nitrogens is 1. The number of hydrogen-bond acceptors (Lipinski definition) is 8. The molecule has 0 bridgehead atoms. The van der Waals surface area contributed by atoms with E-state index in [0.717, 1.165) is 24.1 Å². The first-order valence-electron chi connectivity index (χ1n) is 11.0. The van der Waals surface area contributed by atoms with E-state index in [2.05, 4.69) is 27.4 Å². The average molecular weight is 480 g/mol. The first-order valence-corrected chi connectivity index (χ1v) is 11.8. The summed E-state index contributed by atoms with van der Waals surface area (Å²) in [5.41, 5.74) is 1.38. The lowest BCUT2D eigenvalue weighted by molar-refractivity contribution is -0.125. The largest absolute Gasteiger partial charge is 0.506 e. The van der Waals surface area contributed by atoms with Crippen LogP contribution in [-0.4, -0.2) is 59.9 Å². The van der Waals surface area contributed by atoms with Gasteiger partial charge in [0.2, 0.25) is 0 Å². The number of aromatic hydroxyl groups is 1. The highest BCUT2D eigenvalue weighted by atomic mass is 32.1. The van der Waals surface area contributed by atoms with E-state index in [-0.39, 0.29) is 23.8 Å². The Kier molecular flexibility index (Phi) is 7.25. The standard InChI is InChI=1S/C24H25N5O4S/c1-29-10-2-3-17(29)8-9-26-20(30)13-33-27-12-15-4-6-16(7-5-15)19-14-34-24-21(19)22(31)18(11-25)23(32)28-24/h4-7,12,14,17H,2-3,8-10,13H2,1H3,(H,26,30)(H2,28,31,32). The number of pyridine rings is 1. The molecule has 1 unspecified atom stereocenters. The number of hydrogen-bond donors (Lipinski definition) is 3. The van der Waals surface area contributed by atoms with Crippen molar-refractivity contribution in [2.75, 3.05) is 26.7 Å². The number of nitrogens with zero attached hydrogens (tertiary/aromatic N) is 3. The number of nitriles is 1. The Morgan fingerprint density at radius 1 is 1.44 bits per heavy atom. The molecule has 0 aliphatic carbocycles. The number of fused-ring (bicyclic) bond motifs is 1. The monoisotopic (exact) mass is 479 g/mol. The molecule has 1 fully saturated rings. The predicted molar refractivity (Wildman–Crippen MR) is 131 cm³/mol. The van der Waals surface area contributed by atoms with E-state index in [1.165, 1.54) is 30.4 Å². The third-order valence-electron chi connectivity index (χ3n) is 6.00. The van der Waals surface area contributed by atoms with Gasteiger partial charge in [-0.2, -0.15) is 5.26 Å². The van der Waals surface area contributed by atoms with Gasteiger partial charge >= 0.3 is 0 Å². The zero-order chi connectivity index (χ0) is 24.1. The van der Waals surface area contributed by atoms with Crippen molar-refractivity contribution in [1.29, 1.82) is 5.26 Å². The number of likely N-dealkylation sites (tertiary alicyclic amines) is 1. The highest BCUT2D eigenvalue weighted by Crippen LogP contribution is 2.38. The Balaban J connectivity index is 1.31. The Hall–Kier alpha value is -3.68. The second-order valence-corrected chi connectivity index (χ2v) is 9.07. The highest BCUT2D eigenvalue weighted by Gasteiger charge is 2.20. The molecule has 3 heterocycles. The van der Waals surface area contributed by atoms with Crippen molar-refractivity contribution < 1.29 is 14.7 Å². The van der Waals surface area contributed by atoms with Crippen molar-refractivity contribution in [1.82, 2.24) is 15.2 Å². The maximum atomic E-state index is 11.9. The molecule has 2 aromatic heterocycles. The molecule has 1 aliphatic rings. The molecule has 1 atom stereocenters. The summed E-state index contributed by atoms with van der Waals surface area (Å²) in [5, 5.41) is 28.5. The number of aromatic amines is 1. The van der Waals surface area contributed by atoms with Crippen LogP contribution in [0.2, 0.25) is 0 Å². The summed E-state index contributed by atoms with van der Waals surface area (Å²) < 4.78 is 0. The minimum Gasteiger partial charge on any atom is -0.506 e. The number of oxime groups is 1. The van der Waals surface area contributed by atoms with Gasteiger partial charge in [-0.3, -0.25) is 9.59 Å². The first-order chi connectivity index (χ1) is 16.5. The van der Waals surface area contributed by atoms with Crippen LogP contribution in [0.1, 0.15) is 30.4 Å². The number of nitrogens with one attached hydrogen (secondary N) is 2. The van der Waals surface area contributed by atoms with E-state index < -0.39 is 5.56 Å². The van der Waals surface area contributed by atoms with Gasteiger partial charge in [0.1, 0.15) is 16.6 Å². The van der Waals surface area contributed by atoms with Crippen molar-refractivity contribution in [2.24, 2.45) is 5.16 Å². The normalized spacial score (nSPS) is 16.2. The summed E-state index contributed by atoms with van der Waals surface area (Å²) in [7, 11) is 2.11. The highest BCUT2D eigenvalue weighted by molar-refractivity contribution is 7.17. The number of benzene rings is 1. The Bertz CT molecular complexity index is 1310. The van der Waals surface area contributed by atoms with Crippen LogP contribution in [0.15, 0.2) is 39.6 Å². The number of carbonyl (C=O) groups is 1. The molecule has 10 heteroatoms. The number of thiophene rings is 1. The minimum absolute atomic E-state index is 0.144. The fourth-order valence-corrected chi connectivity index (χ4v) is 5.08. The third kappa shape index (κ3) is 5.11. The summed E-state index contributed by atoms with van der Waals surface area (Å²) in [6.45, 7) is 1.60. The van der Waals surface area contributed by atoms with Gasteiger partial charge in [0, 0.05) is 23.5 Å². The molecule has 176 valence electrons. The van der Waals surface area contributed by atoms with E-state index in [1.54, 1.807) is 6.07 Å². The molecule has 9 nitrogen and oxygen atoms in total. The van der Waals surface area contributed by atoms with Crippen LogP contribution in [0.5, 0.6) is 5.75 Å². The first kappa shape index (κ1) is 23.5. The van der Waals surface area contributed by atoms with Crippen molar-refractivity contribution >= 4 is 33.7 Å². The average Bonchev–Trinajstić information content (AvgIpc) is 3.43. The molecule has 3 aromatic rings. The van der Waals surface area contributed by atoms with Crippen molar-refractivity contribution in [3.8, 4) is 22.9 Å². The topological polar surface area (TPSA) is 131 Å². The molecule has 34 heavy (non-hydrogen) atoms. The summed E-state index contributed by atoms with van der Waals surface area (Å²) in [4.78, 5) is 34.3. The third-order valence-corrected chi connectivity index (χ3v) is 6.89. The fraction of sp³-hybridized carbons (Fsp3) is 0.333. The van der Waals surface area contributed by atoms with Gasteiger partial charge in [-0.25, -0.2) is 0 Å². The van der Waals surface area contributed by atoms with Crippen LogP contribution in [0.4, 0.5) is 0 Å². The second kappa shape index (κ2) is 10.5. The number of amides is 1. The summed E-state index contributed by atoms with van der Waals surface area (Å²) in [6, 6.07) is 9.59. The SMILES string of the molecule is CN1CCCC1CCNC(=O)CON=Cc1ccc(-c2csc3[nH]c(=O)c(C#N)c(O)c23)cc1. The quantitative estimate of drug-likeness (QED) is 0.336. The maximum Gasteiger partial charge on any atom is 0.270 e. The second-order valence-electron chi connectivity index (χ2n) is 8.19.